The number of halogens is 1. The van der Waals surface area contributed by atoms with Crippen molar-refractivity contribution in [3.63, 3.8) is 0 Å². The number of hydrogen-bond donors (Lipinski definition) is 1. The zero-order valence-corrected chi connectivity index (χ0v) is 14.9. The predicted molar refractivity (Wildman–Crippen MR) is 90.3 cm³/mol. The molecule has 24 heavy (non-hydrogen) atoms. The molecule has 1 aromatic carbocycles. The zero-order chi connectivity index (χ0) is 18.1. The van der Waals surface area contributed by atoms with Crippen LogP contribution in [0.25, 0.3) is 11.3 Å². The van der Waals surface area contributed by atoms with Gasteiger partial charge in [0.25, 0.3) is 0 Å². The maximum atomic E-state index is 11.6. The van der Waals surface area contributed by atoms with Crippen molar-refractivity contribution in [2.45, 2.75) is 24.8 Å². The molecule has 8 heteroatoms. The molecule has 128 valence electrons. The quantitative estimate of drug-likeness (QED) is 0.870. The van der Waals surface area contributed by atoms with Gasteiger partial charge in [-0.3, -0.25) is 0 Å². The minimum Gasteiger partial charge on any atom is -0.479 e. The van der Waals surface area contributed by atoms with Gasteiger partial charge >= 0.3 is 5.97 Å². The van der Waals surface area contributed by atoms with Crippen LogP contribution in [0.2, 0.25) is 5.02 Å². The van der Waals surface area contributed by atoms with E-state index in [9.17, 15) is 13.2 Å². The first-order valence-corrected chi connectivity index (χ1v) is 9.23. The number of pyridine rings is 1. The highest BCUT2D eigenvalue weighted by Gasteiger charge is 2.19. The second kappa shape index (κ2) is 6.78. The smallest absolute Gasteiger partial charge is 0.344 e. The first-order valence-electron chi connectivity index (χ1n) is 6.96. The number of carbonyl (C=O) groups is 1. The largest absolute Gasteiger partial charge is 0.479 e. The summed E-state index contributed by atoms with van der Waals surface area (Å²) < 4.78 is 28.7. The van der Waals surface area contributed by atoms with Gasteiger partial charge in [-0.05, 0) is 44.2 Å². The molecule has 0 saturated heterocycles. The van der Waals surface area contributed by atoms with Gasteiger partial charge in [0.1, 0.15) is 11.4 Å². The number of hydrogen-bond acceptors (Lipinski definition) is 5. The number of aliphatic carboxylic acids is 1. The number of rotatable bonds is 5. The number of aryl methyl sites for hydroxylation is 1. The fourth-order valence-corrected chi connectivity index (χ4v) is 2.97. The zero-order valence-electron chi connectivity index (χ0n) is 13.3. The number of benzene rings is 1. The van der Waals surface area contributed by atoms with Crippen molar-refractivity contribution < 1.29 is 23.1 Å². The van der Waals surface area contributed by atoms with Crippen LogP contribution in [0.5, 0.6) is 5.75 Å². The standard InChI is InChI=1S/C16H16ClNO5S/c1-9-4-7-14(23-10(2)16(19)20)15(18-9)12-6-5-11(8-13(12)17)24(3,21)22/h4-8,10H,1-3H3,(H,19,20)/t10-/m0/s1. The third-order valence-corrected chi connectivity index (χ3v) is 4.70. The van der Waals surface area contributed by atoms with Gasteiger partial charge in [-0.15, -0.1) is 0 Å². The van der Waals surface area contributed by atoms with E-state index in [-0.39, 0.29) is 15.7 Å². The molecule has 0 fully saturated rings. The van der Waals surface area contributed by atoms with Gasteiger partial charge in [0.15, 0.2) is 15.9 Å². The molecule has 0 aliphatic rings. The first-order chi connectivity index (χ1) is 11.1. The Labute approximate surface area is 145 Å². The predicted octanol–water partition coefficient (Wildman–Crippen LogP) is 2.97. The highest BCUT2D eigenvalue weighted by Crippen LogP contribution is 2.35. The Morgan fingerprint density at radius 3 is 2.50 bits per heavy atom. The van der Waals surface area contributed by atoms with E-state index >= 15 is 0 Å². The van der Waals surface area contributed by atoms with Crippen molar-refractivity contribution in [3.8, 4) is 17.0 Å². The van der Waals surface area contributed by atoms with Crippen LogP contribution >= 0.6 is 11.6 Å². The SMILES string of the molecule is Cc1ccc(O[C@@H](C)C(=O)O)c(-c2ccc(S(C)(=O)=O)cc2Cl)n1. The van der Waals surface area contributed by atoms with Crippen LogP contribution in [-0.4, -0.2) is 36.8 Å². The highest BCUT2D eigenvalue weighted by atomic mass is 35.5. The molecule has 0 radical (unpaired) electrons. The fourth-order valence-electron chi connectivity index (χ4n) is 1.99. The Balaban J connectivity index is 2.56. The molecule has 1 atom stereocenters. The topological polar surface area (TPSA) is 93.6 Å². The average molecular weight is 370 g/mol. The number of ether oxygens (including phenoxy) is 1. The number of sulfone groups is 1. The summed E-state index contributed by atoms with van der Waals surface area (Å²) in [6, 6.07) is 7.58. The summed E-state index contributed by atoms with van der Waals surface area (Å²) in [6.07, 6.45) is 0.0223. The highest BCUT2D eigenvalue weighted by molar-refractivity contribution is 7.90. The van der Waals surface area contributed by atoms with Gasteiger partial charge in [-0.2, -0.15) is 0 Å². The molecule has 0 aliphatic heterocycles. The summed E-state index contributed by atoms with van der Waals surface area (Å²) in [5, 5.41) is 9.19. The number of aromatic nitrogens is 1. The van der Waals surface area contributed by atoms with E-state index in [1.165, 1.54) is 25.1 Å². The molecule has 0 aliphatic carbocycles. The Hall–Kier alpha value is -2.12. The normalized spacial score (nSPS) is 12.7. The van der Waals surface area contributed by atoms with Crippen molar-refractivity contribution >= 4 is 27.4 Å². The van der Waals surface area contributed by atoms with Gasteiger partial charge in [0.05, 0.1) is 9.92 Å². The maximum Gasteiger partial charge on any atom is 0.344 e. The van der Waals surface area contributed by atoms with Crippen molar-refractivity contribution in [2.24, 2.45) is 0 Å². The third kappa shape index (κ3) is 4.04. The molecule has 0 bridgehead atoms. The molecule has 0 amide bonds. The molecule has 1 heterocycles. The third-order valence-electron chi connectivity index (χ3n) is 3.27. The van der Waals surface area contributed by atoms with Gasteiger partial charge in [-0.1, -0.05) is 11.6 Å². The lowest BCUT2D eigenvalue weighted by molar-refractivity contribution is -0.144. The van der Waals surface area contributed by atoms with E-state index < -0.39 is 21.9 Å². The molecule has 0 unspecified atom stereocenters. The van der Waals surface area contributed by atoms with Crippen LogP contribution in [0.3, 0.4) is 0 Å². The van der Waals surface area contributed by atoms with Crippen LogP contribution in [0.1, 0.15) is 12.6 Å². The molecule has 1 N–H and O–H groups in total. The second-order valence-corrected chi connectivity index (χ2v) is 7.73. The lowest BCUT2D eigenvalue weighted by atomic mass is 10.1. The molecule has 2 rings (SSSR count). The molecular weight excluding hydrogens is 354 g/mol. The summed E-state index contributed by atoms with van der Waals surface area (Å²) in [4.78, 5) is 15.4. The number of carboxylic acid groups (broad SMARTS) is 1. The van der Waals surface area contributed by atoms with Crippen molar-refractivity contribution in [1.82, 2.24) is 4.98 Å². The van der Waals surface area contributed by atoms with E-state index in [0.717, 1.165) is 6.26 Å². The van der Waals surface area contributed by atoms with Crippen LogP contribution < -0.4 is 4.74 Å². The van der Waals surface area contributed by atoms with Gasteiger partial charge in [0, 0.05) is 17.5 Å². The first kappa shape index (κ1) is 18.2. The van der Waals surface area contributed by atoms with Crippen molar-refractivity contribution in [2.75, 3.05) is 6.26 Å². The Morgan fingerprint density at radius 1 is 1.29 bits per heavy atom. The Kier molecular flexibility index (Phi) is 5.15. The van der Waals surface area contributed by atoms with Crippen molar-refractivity contribution in [1.29, 1.82) is 0 Å². The van der Waals surface area contributed by atoms with Crippen LogP contribution in [0, 0.1) is 6.92 Å². The van der Waals surface area contributed by atoms with Crippen LogP contribution in [-0.2, 0) is 14.6 Å². The van der Waals surface area contributed by atoms with Gasteiger partial charge in [0.2, 0.25) is 0 Å². The van der Waals surface area contributed by atoms with E-state index in [1.54, 1.807) is 19.1 Å². The van der Waals surface area contributed by atoms with Crippen LogP contribution in [0.15, 0.2) is 35.2 Å². The molecule has 0 spiro atoms. The minimum absolute atomic E-state index is 0.0882. The number of nitrogens with zero attached hydrogens (tertiary/aromatic N) is 1. The Morgan fingerprint density at radius 2 is 1.96 bits per heavy atom. The lowest BCUT2D eigenvalue weighted by Gasteiger charge is -2.15. The van der Waals surface area contributed by atoms with E-state index in [0.29, 0.717) is 17.0 Å². The summed E-state index contributed by atoms with van der Waals surface area (Å²) >= 11 is 6.22. The van der Waals surface area contributed by atoms with E-state index in [1.807, 2.05) is 0 Å². The average Bonchev–Trinajstić information content (AvgIpc) is 2.48. The van der Waals surface area contributed by atoms with Gasteiger partial charge < -0.3 is 9.84 Å². The van der Waals surface area contributed by atoms with E-state index in [4.69, 9.17) is 21.4 Å². The fraction of sp³-hybridized carbons (Fsp3) is 0.250. The summed E-state index contributed by atoms with van der Waals surface area (Å²) in [5.74, 6) is -0.857. The van der Waals surface area contributed by atoms with Crippen LogP contribution in [0.4, 0.5) is 0 Å². The minimum atomic E-state index is -3.39. The molecule has 6 nitrogen and oxygen atoms in total. The molecule has 0 saturated carbocycles. The monoisotopic (exact) mass is 369 g/mol. The summed E-state index contributed by atoms with van der Waals surface area (Å²) in [5.41, 5.74) is 1.50. The molecule has 1 aromatic heterocycles. The second-order valence-electron chi connectivity index (χ2n) is 5.31. The van der Waals surface area contributed by atoms with Crippen molar-refractivity contribution in [3.05, 3.63) is 41.0 Å². The number of carboxylic acids is 1. The van der Waals surface area contributed by atoms with Gasteiger partial charge in [-0.25, -0.2) is 18.2 Å². The maximum absolute atomic E-state index is 11.6. The summed E-state index contributed by atoms with van der Waals surface area (Å²) in [7, 11) is -3.39. The molecule has 2 aromatic rings. The lowest BCUT2D eigenvalue weighted by Crippen LogP contribution is -2.23. The summed E-state index contributed by atoms with van der Waals surface area (Å²) in [6.45, 7) is 3.17. The van der Waals surface area contributed by atoms with E-state index in [2.05, 4.69) is 4.98 Å². The molecular formula is C16H16ClNO5S. The Bertz CT molecular complexity index is 895.